The van der Waals surface area contributed by atoms with E-state index < -0.39 is 0 Å². The summed E-state index contributed by atoms with van der Waals surface area (Å²) in [4.78, 5) is 2.28. The monoisotopic (exact) mass is 600 g/mol. The zero-order chi connectivity index (χ0) is 31.8. The highest BCUT2D eigenvalue weighted by Gasteiger charge is 2.12. The van der Waals surface area contributed by atoms with Crippen molar-refractivity contribution in [1.29, 1.82) is 5.26 Å². The van der Waals surface area contributed by atoms with Gasteiger partial charge in [0.15, 0.2) is 0 Å². The fourth-order valence-corrected chi connectivity index (χ4v) is 5.87. The average molecular weight is 601 g/mol. The molecule has 0 fully saturated rings. The molecule has 2 nitrogen and oxygen atoms in total. The number of para-hydroxylation sites is 2. The van der Waals surface area contributed by atoms with Crippen molar-refractivity contribution in [1.82, 2.24) is 0 Å². The third-order valence-corrected chi connectivity index (χ3v) is 8.34. The van der Waals surface area contributed by atoms with Gasteiger partial charge in [-0.1, -0.05) is 140 Å². The molecule has 2 heteroatoms. The molecule has 0 aliphatic heterocycles. The molecule has 0 amide bonds. The van der Waals surface area contributed by atoms with Crippen LogP contribution in [-0.2, 0) is 0 Å². The number of benzene rings is 7. The fourth-order valence-electron chi connectivity index (χ4n) is 5.87. The van der Waals surface area contributed by atoms with Gasteiger partial charge in [-0.25, -0.2) is 0 Å². The van der Waals surface area contributed by atoms with Crippen LogP contribution in [0.15, 0.2) is 188 Å². The summed E-state index contributed by atoms with van der Waals surface area (Å²) >= 11 is 0. The molecule has 0 N–H and O–H groups in total. The lowest BCUT2D eigenvalue weighted by Crippen LogP contribution is -2.09. The van der Waals surface area contributed by atoms with Gasteiger partial charge in [0, 0.05) is 17.1 Å². The van der Waals surface area contributed by atoms with Crippen LogP contribution in [0.25, 0.3) is 33.9 Å². The van der Waals surface area contributed by atoms with E-state index in [2.05, 4.69) is 169 Å². The van der Waals surface area contributed by atoms with Crippen molar-refractivity contribution in [3.05, 3.63) is 210 Å². The van der Waals surface area contributed by atoms with Gasteiger partial charge in [0.25, 0.3) is 0 Å². The number of nitriles is 1. The molecule has 0 atom stereocenters. The van der Waals surface area contributed by atoms with E-state index in [1.807, 2.05) is 36.4 Å². The van der Waals surface area contributed by atoms with Gasteiger partial charge in [0.2, 0.25) is 0 Å². The molecule has 0 radical (unpaired) electrons. The average Bonchev–Trinajstić information content (AvgIpc) is 3.16. The van der Waals surface area contributed by atoms with Crippen LogP contribution in [0.2, 0.25) is 0 Å². The Morgan fingerprint density at radius 3 is 1.28 bits per heavy atom. The molecule has 47 heavy (non-hydrogen) atoms. The Morgan fingerprint density at radius 1 is 0.404 bits per heavy atom. The van der Waals surface area contributed by atoms with E-state index in [-0.39, 0.29) is 0 Å². The van der Waals surface area contributed by atoms with Crippen LogP contribution in [0.4, 0.5) is 17.1 Å². The second kappa shape index (κ2) is 13.7. The van der Waals surface area contributed by atoms with Crippen molar-refractivity contribution >= 4 is 28.7 Å². The first kappa shape index (κ1) is 29.3. The standard InChI is InChI=1S/C45H32N2/c46-33-35-18-22-37(23-19-35)36-20-16-34(17-21-36)32-45(40-10-4-1-5-11-40)41-26-24-38(25-27-41)39-28-30-44(31-29-39)47(42-12-6-2-7-13-42)43-14-8-3-9-15-43/h1-32H/b45-32+. The number of hydrogen-bond donors (Lipinski definition) is 0. The van der Waals surface area contributed by atoms with Gasteiger partial charge in [-0.05, 0) is 99.1 Å². The largest absolute Gasteiger partial charge is 0.311 e. The Morgan fingerprint density at radius 2 is 0.787 bits per heavy atom. The molecule has 0 saturated carbocycles. The fraction of sp³-hybridized carbons (Fsp3) is 0. The molecule has 0 aliphatic carbocycles. The summed E-state index contributed by atoms with van der Waals surface area (Å²) in [6.45, 7) is 0. The van der Waals surface area contributed by atoms with Gasteiger partial charge >= 0.3 is 0 Å². The van der Waals surface area contributed by atoms with Gasteiger partial charge in [-0.2, -0.15) is 5.26 Å². The van der Waals surface area contributed by atoms with Crippen molar-refractivity contribution in [2.24, 2.45) is 0 Å². The number of nitrogens with zero attached hydrogens (tertiary/aromatic N) is 2. The Balaban J connectivity index is 1.17. The quantitative estimate of drug-likeness (QED) is 0.162. The maximum absolute atomic E-state index is 9.12. The highest BCUT2D eigenvalue weighted by atomic mass is 15.1. The summed E-state index contributed by atoms with van der Waals surface area (Å²) in [5.41, 5.74) is 13.2. The summed E-state index contributed by atoms with van der Waals surface area (Å²) in [6, 6.07) is 67.6. The number of anilines is 3. The van der Waals surface area contributed by atoms with Crippen LogP contribution in [-0.4, -0.2) is 0 Å². The van der Waals surface area contributed by atoms with Crippen molar-refractivity contribution in [2.75, 3.05) is 4.90 Å². The van der Waals surface area contributed by atoms with E-state index in [1.54, 1.807) is 0 Å². The molecule has 0 spiro atoms. The lowest BCUT2D eigenvalue weighted by atomic mass is 9.93. The summed E-state index contributed by atoms with van der Waals surface area (Å²) in [5.74, 6) is 0. The molecule has 0 heterocycles. The van der Waals surface area contributed by atoms with Gasteiger partial charge in [-0.15, -0.1) is 0 Å². The van der Waals surface area contributed by atoms with Gasteiger partial charge in [0.1, 0.15) is 0 Å². The van der Waals surface area contributed by atoms with Crippen LogP contribution < -0.4 is 4.90 Å². The second-order valence-electron chi connectivity index (χ2n) is 11.4. The van der Waals surface area contributed by atoms with Crippen LogP contribution in [0.3, 0.4) is 0 Å². The molecule has 0 aromatic heterocycles. The minimum Gasteiger partial charge on any atom is -0.311 e. The van der Waals surface area contributed by atoms with E-state index in [9.17, 15) is 0 Å². The SMILES string of the molecule is N#Cc1ccc(-c2ccc(/C=C(\c3ccccc3)c3ccc(-c4ccc(N(c5ccccc5)c5ccccc5)cc4)cc3)cc2)cc1. The third-order valence-electron chi connectivity index (χ3n) is 8.34. The predicted molar refractivity (Wildman–Crippen MR) is 197 cm³/mol. The zero-order valence-electron chi connectivity index (χ0n) is 25.9. The van der Waals surface area contributed by atoms with Crippen LogP contribution >= 0.6 is 0 Å². The van der Waals surface area contributed by atoms with Crippen LogP contribution in [0.5, 0.6) is 0 Å². The first-order chi connectivity index (χ1) is 23.2. The molecule has 7 rings (SSSR count). The Kier molecular flexibility index (Phi) is 8.53. The minimum absolute atomic E-state index is 0.668. The van der Waals surface area contributed by atoms with Crippen molar-refractivity contribution in [3.8, 4) is 28.3 Å². The van der Waals surface area contributed by atoms with Crippen molar-refractivity contribution < 1.29 is 0 Å². The summed E-state index contributed by atoms with van der Waals surface area (Å²) in [6.07, 6.45) is 2.25. The molecule has 0 aliphatic rings. The Labute approximate surface area is 276 Å². The molecule has 0 unspecified atom stereocenters. The van der Waals surface area contributed by atoms with E-state index >= 15 is 0 Å². The smallest absolute Gasteiger partial charge is 0.0991 e. The van der Waals surface area contributed by atoms with Crippen molar-refractivity contribution in [3.63, 3.8) is 0 Å². The number of hydrogen-bond acceptors (Lipinski definition) is 2. The summed E-state index contributed by atoms with van der Waals surface area (Å²) in [7, 11) is 0. The van der Waals surface area contributed by atoms with Crippen LogP contribution in [0.1, 0.15) is 22.3 Å². The third kappa shape index (κ3) is 6.66. The number of rotatable bonds is 8. The molecule has 7 aromatic rings. The first-order valence-electron chi connectivity index (χ1n) is 15.7. The highest BCUT2D eigenvalue weighted by Crippen LogP contribution is 2.36. The van der Waals surface area contributed by atoms with E-state index in [1.165, 1.54) is 22.3 Å². The molecular weight excluding hydrogens is 569 g/mol. The second-order valence-corrected chi connectivity index (χ2v) is 11.4. The molecular formula is C45H32N2. The summed E-state index contributed by atoms with van der Waals surface area (Å²) < 4.78 is 0. The lowest BCUT2D eigenvalue weighted by molar-refractivity contribution is 1.28. The normalized spacial score (nSPS) is 11.1. The maximum Gasteiger partial charge on any atom is 0.0991 e. The summed E-state index contributed by atoms with van der Waals surface area (Å²) in [5, 5.41) is 9.12. The van der Waals surface area contributed by atoms with Crippen molar-refractivity contribution in [2.45, 2.75) is 0 Å². The van der Waals surface area contributed by atoms with E-state index in [0.717, 1.165) is 39.3 Å². The first-order valence-corrected chi connectivity index (χ1v) is 15.7. The molecule has 222 valence electrons. The highest BCUT2D eigenvalue weighted by molar-refractivity contribution is 5.92. The van der Waals surface area contributed by atoms with E-state index in [0.29, 0.717) is 5.56 Å². The minimum atomic E-state index is 0.668. The zero-order valence-corrected chi connectivity index (χ0v) is 25.9. The maximum atomic E-state index is 9.12. The van der Waals surface area contributed by atoms with Crippen LogP contribution in [0, 0.1) is 11.3 Å². The molecule has 7 aromatic carbocycles. The van der Waals surface area contributed by atoms with E-state index in [4.69, 9.17) is 5.26 Å². The predicted octanol–water partition coefficient (Wildman–Crippen LogP) is 12.0. The Hall–Kier alpha value is -6.43. The molecule has 0 saturated heterocycles. The lowest BCUT2D eigenvalue weighted by Gasteiger charge is -2.25. The molecule has 0 bridgehead atoms. The van der Waals surface area contributed by atoms with Gasteiger partial charge in [-0.3, -0.25) is 0 Å². The topological polar surface area (TPSA) is 27.0 Å². The van der Waals surface area contributed by atoms with Gasteiger partial charge in [0.05, 0.1) is 11.6 Å². The van der Waals surface area contributed by atoms with Gasteiger partial charge < -0.3 is 4.90 Å². The Bertz CT molecular complexity index is 2080.